The van der Waals surface area contributed by atoms with Gasteiger partial charge >= 0.3 is 0 Å². The Hall–Kier alpha value is -3.64. The van der Waals surface area contributed by atoms with Gasteiger partial charge in [-0.15, -0.1) is 0 Å². The number of halogens is 1. The van der Waals surface area contributed by atoms with Gasteiger partial charge in [0.25, 0.3) is 11.7 Å². The Kier molecular flexibility index (Phi) is 6.20. The van der Waals surface area contributed by atoms with Gasteiger partial charge in [0.1, 0.15) is 11.5 Å². The first kappa shape index (κ1) is 22.6. The molecule has 1 fully saturated rings. The molecule has 2 heterocycles. The molecule has 2 aromatic carbocycles. The number of pyridine rings is 1. The fraction of sp³-hybridized carbons (Fsp3) is 0.192. The zero-order chi connectivity index (χ0) is 23.7. The second-order valence-corrected chi connectivity index (χ2v) is 8.20. The Labute approximate surface area is 197 Å². The van der Waals surface area contributed by atoms with E-state index < -0.39 is 17.7 Å². The number of benzene rings is 2. The van der Waals surface area contributed by atoms with Crippen molar-refractivity contribution in [1.29, 1.82) is 0 Å². The quantitative estimate of drug-likeness (QED) is 0.313. The molecule has 1 unspecified atom stereocenters. The Bertz CT molecular complexity index is 1270. The number of anilines is 1. The minimum absolute atomic E-state index is 0.00598. The third-order valence-electron chi connectivity index (χ3n) is 5.65. The third-order valence-corrected chi connectivity index (χ3v) is 6.06. The molecule has 1 saturated heterocycles. The van der Waals surface area contributed by atoms with E-state index in [1.54, 1.807) is 60.9 Å². The number of nitrogens with zero attached hydrogens (tertiary/aromatic N) is 2. The molecular formula is C26H23ClN2O4. The van der Waals surface area contributed by atoms with Crippen molar-refractivity contribution < 1.29 is 19.4 Å². The van der Waals surface area contributed by atoms with Gasteiger partial charge in [-0.1, -0.05) is 17.7 Å². The van der Waals surface area contributed by atoms with Gasteiger partial charge in [0, 0.05) is 28.7 Å². The summed E-state index contributed by atoms with van der Waals surface area (Å²) in [5.41, 5.74) is 3.20. The van der Waals surface area contributed by atoms with Crippen molar-refractivity contribution in [3.8, 4) is 5.75 Å². The van der Waals surface area contributed by atoms with Crippen molar-refractivity contribution in [2.45, 2.75) is 26.8 Å². The van der Waals surface area contributed by atoms with Crippen molar-refractivity contribution in [3.63, 3.8) is 0 Å². The molecule has 1 aromatic heterocycles. The van der Waals surface area contributed by atoms with Crippen LogP contribution in [0, 0.1) is 13.8 Å². The number of hydrogen-bond acceptors (Lipinski definition) is 5. The molecule has 0 radical (unpaired) electrons. The normalized spacial score (nSPS) is 17.5. The van der Waals surface area contributed by atoms with E-state index in [9.17, 15) is 14.7 Å². The summed E-state index contributed by atoms with van der Waals surface area (Å²) in [5.74, 6) is -1.06. The molecule has 6 nitrogen and oxygen atoms in total. The molecule has 4 rings (SSSR count). The SMILES string of the molecule is CCOc1ccc(/C(O)=C2\C(=O)C(=O)N(c3ccc(C)c(Cl)c3)C2c2ccncc2)cc1C. The van der Waals surface area contributed by atoms with Crippen LogP contribution in [-0.4, -0.2) is 28.4 Å². The van der Waals surface area contributed by atoms with Crippen LogP contribution in [0.25, 0.3) is 5.76 Å². The van der Waals surface area contributed by atoms with E-state index in [1.165, 1.54) is 4.90 Å². The summed E-state index contributed by atoms with van der Waals surface area (Å²) in [4.78, 5) is 31.8. The number of aryl methyl sites for hydroxylation is 2. The van der Waals surface area contributed by atoms with E-state index in [0.717, 1.165) is 11.1 Å². The number of hydrogen-bond donors (Lipinski definition) is 1. The summed E-state index contributed by atoms with van der Waals surface area (Å²) in [6.45, 7) is 6.11. The molecule has 1 aliphatic heterocycles. The number of aliphatic hydroxyl groups excluding tert-OH is 1. The maximum atomic E-state index is 13.2. The van der Waals surface area contributed by atoms with Crippen LogP contribution in [0.5, 0.6) is 5.75 Å². The van der Waals surface area contributed by atoms with E-state index in [4.69, 9.17) is 16.3 Å². The lowest BCUT2D eigenvalue weighted by atomic mass is 9.95. The lowest BCUT2D eigenvalue weighted by Gasteiger charge is -2.25. The molecule has 0 saturated carbocycles. The van der Waals surface area contributed by atoms with Crippen LogP contribution >= 0.6 is 11.6 Å². The molecule has 0 aliphatic carbocycles. The first-order chi connectivity index (χ1) is 15.8. The minimum Gasteiger partial charge on any atom is -0.507 e. The van der Waals surface area contributed by atoms with Crippen LogP contribution in [0.4, 0.5) is 5.69 Å². The van der Waals surface area contributed by atoms with Gasteiger partial charge in [-0.2, -0.15) is 0 Å². The van der Waals surface area contributed by atoms with Crippen molar-refractivity contribution in [1.82, 2.24) is 4.98 Å². The van der Waals surface area contributed by atoms with Crippen LogP contribution in [0.15, 0.2) is 66.5 Å². The predicted molar refractivity (Wildman–Crippen MR) is 128 cm³/mol. The van der Waals surface area contributed by atoms with Gasteiger partial charge in [-0.3, -0.25) is 19.5 Å². The van der Waals surface area contributed by atoms with Crippen molar-refractivity contribution >= 4 is 34.7 Å². The number of carbonyl (C=O) groups is 2. The van der Waals surface area contributed by atoms with Crippen LogP contribution in [0.1, 0.15) is 35.2 Å². The maximum absolute atomic E-state index is 13.2. The highest BCUT2D eigenvalue weighted by molar-refractivity contribution is 6.51. The van der Waals surface area contributed by atoms with E-state index >= 15 is 0 Å². The molecule has 33 heavy (non-hydrogen) atoms. The van der Waals surface area contributed by atoms with E-state index in [1.807, 2.05) is 20.8 Å². The fourth-order valence-electron chi connectivity index (χ4n) is 3.96. The monoisotopic (exact) mass is 462 g/mol. The summed E-state index contributed by atoms with van der Waals surface area (Å²) in [6.07, 6.45) is 3.16. The minimum atomic E-state index is -0.835. The summed E-state index contributed by atoms with van der Waals surface area (Å²) in [7, 11) is 0. The van der Waals surface area contributed by atoms with Gasteiger partial charge in [-0.25, -0.2) is 0 Å². The van der Waals surface area contributed by atoms with Crippen LogP contribution in [-0.2, 0) is 9.59 Å². The zero-order valence-corrected chi connectivity index (χ0v) is 19.3. The van der Waals surface area contributed by atoms with Crippen LogP contribution in [0.2, 0.25) is 5.02 Å². The number of carbonyl (C=O) groups excluding carboxylic acids is 2. The van der Waals surface area contributed by atoms with Gasteiger partial charge < -0.3 is 9.84 Å². The fourth-order valence-corrected chi connectivity index (χ4v) is 4.14. The largest absolute Gasteiger partial charge is 0.507 e. The Morgan fingerprint density at radius 1 is 1.06 bits per heavy atom. The average molecular weight is 463 g/mol. The number of ether oxygens (including phenoxy) is 1. The second-order valence-electron chi connectivity index (χ2n) is 7.80. The number of ketones is 1. The summed E-state index contributed by atoms with van der Waals surface area (Å²) in [5, 5.41) is 11.7. The van der Waals surface area contributed by atoms with Crippen molar-refractivity contribution in [2.75, 3.05) is 11.5 Å². The summed E-state index contributed by atoms with van der Waals surface area (Å²) in [6, 6.07) is 12.9. The Balaban J connectivity index is 1.91. The maximum Gasteiger partial charge on any atom is 0.300 e. The standard InChI is InChI=1S/C26H23ClN2O4/c1-4-33-21-8-6-18(13-16(21)3)24(30)22-23(17-9-11-28-12-10-17)29(26(32)25(22)31)19-7-5-15(2)20(27)14-19/h5-14,23,30H,4H2,1-3H3/b24-22+. The first-order valence-electron chi connectivity index (χ1n) is 10.5. The van der Waals surface area contributed by atoms with Crippen molar-refractivity contribution in [3.05, 3.63) is 93.8 Å². The molecular weight excluding hydrogens is 440 g/mol. The lowest BCUT2D eigenvalue weighted by molar-refractivity contribution is -0.132. The Morgan fingerprint density at radius 2 is 1.79 bits per heavy atom. The number of aromatic nitrogens is 1. The van der Waals surface area contributed by atoms with Gasteiger partial charge in [0.05, 0.1) is 18.2 Å². The van der Waals surface area contributed by atoms with Gasteiger partial charge in [0.2, 0.25) is 0 Å². The van der Waals surface area contributed by atoms with Crippen LogP contribution in [0.3, 0.4) is 0 Å². The number of aliphatic hydroxyl groups is 1. The third kappa shape index (κ3) is 4.10. The second kappa shape index (κ2) is 9.08. The van der Waals surface area contributed by atoms with E-state index in [-0.39, 0.29) is 11.3 Å². The number of rotatable bonds is 5. The van der Waals surface area contributed by atoms with Crippen LogP contribution < -0.4 is 9.64 Å². The zero-order valence-electron chi connectivity index (χ0n) is 18.5. The molecule has 1 amide bonds. The smallest absolute Gasteiger partial charge is 0.300 e. The highest BCUT2D eigenvalue weighted by Crippen LogP contribution is 2.43. The van der Waals surface area contributed by atoms with Crippen molar-refractivity contribution in [2.24, 2.45) is 0 Å². The van der Waals surface area contributed by atoms with Gasteiger partial charge in [0.15, 0.2) is 0 Å². The molecule has 0 spiro atoms. The molecule has 3 aromatic rings. The highest BCUT2D eigenvalue weighted by Gasteiger charge is 2.47. The highest BCUT2D eigenvalue weighted by atomic mass is 35.5. The molecule has 7 heteroatoms. The summed E-state index contributed by atoms with van der Waals surface area (Å²) < 4.78 is 5.57. The van der Waals surface area contributed by atoms with Gasteiger partial charge in [-0.05, 0) is 79.9 Å². The molecule has 1 aliphatic rings. The van der Waals surface area contributed by atoms with E-state index in [0.29, 0.717) is 34.2 Å². The summed E-state index contributed by atoms with van der Waals surface area (Å²) >= 11 is 6.32. The van der Waals surface area contributed by atoms with E-state index in [2.05, 4.69) is 4.98 Å². The molecule has 1 atom stereocenters. The lowest BCUT2D eigenvalue weighted by Crippen LogP contribution is -2.29. The topological polar surface area (TPSA) is 79.7 Å². The number of Topliss-reactive ketones (excluding diaryl/α,β-unsaturated/α-hetero) is 1. The molecule has 0 bridgehead atoms. The predicted octanol–water partition coefficient (Wildman–Crippen LogP) is 5.38. The molecule has 168 valence electrons. The molecule has 1 N–H and O–H groups in total. The first-order valence-corrected chi connectivity index (χ1v) is 10.9. The Morgan fingerprint density at radius 3 is 2.42 bits per heavy atom. The number of amides is 1. The average Bonchev–Trinajstić information content (AvgIpc) is 3.08.